The fourth-order valence-corrected chi connectivity index (χ4v) is 9.65. The molecule has 0 aliphatic rings. The van der Waals surface area contributed by atoms with Gasteiger partial charge in [0.2, 0.25) is 29.5 Å². The summed E-state index contributed by atoms with van der Waals surface area (Å²) in [5.41, 5.74) is 29.4. The Morgan fingerprint density at radius 1 is 0.409 bits per heavy atom. The third-order valence-electron chi connectivity index (χ3n) is 14.5. The number of carboxylic acid groups (broad SMARTS) is 1. The van der Waals surface area contributed by atoms with E-state index in [-0.39, 0.29) is 113 Å². The summed E-state index contributed by atoms with van der Waals surface area (Å²) >= 11 is 0. The third-order valence-corrected chi connectivity index (χ3v) is 14.5. The van der Waals surface area contributed by atoms with E-state index in [1.807, 2.05) is 18.2 Å². The SMILES string of the molecule is COc1ccc(NC(=O)C(CCCCN)NC(=O)c2cc(NC(=O)C(CCCCN)NC(=O)c3cc(NC(=O)C(CCCCN)NC(=O)c4cc(NC(=O)C(CCCCN)NC(=O)Cc5ccccc5)ccc4OC)ccc3OC)ccc2OCC(=O)O)cc1C(N)=O. The van der Waals surface area contributed by atoms with Gasteiger partial charge in [0.15, 0.2) is 6.61 Å². The van der Waals surface area contributed by atoms with Gasteiger partial charge in [0.25, 0.3) is 23.6 Å². The van der Waals surface area contributed by atoms with Crippen LogP contribution in [0.3, 0.4) is 0 Å². The molecular formula is C65H85N13O15. The first-order valence-corrected chi connectivity index (χ1v) is 30.4. The number of methoxy groups -OCH3 is 3. The Morgan fingerprint density at radius 2 is 0.720 bits per heavy atom. The predicted octanol–water partition coefficient (Wildman–Crippen LogP) is 3.67. The largest absolute Gasteiger partial charge is 0.496 e. The number of unbranched alkanes of at least 4 members (excludes halogenated alkanes) is 4. The lowest BCUT2D eigenvalue weighted by Crippen LogP contribution is -2.45. The van der Waals surface area contributed by atoms with E-state index in [0.29, 0.717) is 70.9 Å². The normalized spacial score (nSPS) is 12.1. The molecule has 28 nitrogen and oxygen atoms in total. The summed E-state index contributed by atoms with van der Waals surface area (Å²) in [6.45, 7) is 0.361. The van der Waals surface area contributed by atoms with Gasteiger partial charge in [-0.3, -0.25) is 43.2 Å². The maximum Gasteiger partial charge on any atom is 0.341 e. The van der Waals surface area contributed by atoms with Crippen molar-refractivity contribution in [3.63, 3.8) is 0 Å². The molecule has 500 valence electrons. The molecule has 4 atom stereocenters. The zero-order valence-corrected chi connectivity index (χ0v) is 52.4. The average molecular weight is 1290 g/mol. The van der Waals surface area contributed by atoms with Crippen LogP contribution in [0.4, 0.5) is 22.7 Å². The summed E-state index contributed by atoms with van der Waals surface area (Å²) < 4.78 is 21.7. The van der Waals surface area contributed by atoms with Gasteiger partial charge in [-0.1, -0.05) is 30.3 Å². The number of anilines is 4. The van der Waals surface area contributed by atoms with Crippen LogP contribution in [-0.2, 0) is 35.2 Å². The van der Waals surface area contributed by atoms with Gasteiger partial charge in [0.05, 0.1) is 50.0 Å². The van der Waals surface area contributed by atoms with Crippen molar-refractivity contribution in [3.05, 3.63) is 131 Å². The van der Waals surface area contributed by atoms with E-state index in [4.69, 9.17) is 47.6 Å². The number of benzene rings is 5. The van der Waals surface area contributed by atoms with E-state index in [1.165, 1.54) is 94.1 Å². The van der Waals surface area contributed by atoms with Gasteiger partial charge in [-0.05, 0) is 182 Å². The number of primary amides is 1. The Bertz CT molecular complexity index is 3390. The van der Waals surface area contributed by atoms with Crippen LogP contribution in [0, 0.1) is 0 Å². The van der Waals surface area contributed by atoms with Gasteiger partial charge < -0.3 is 95.3 Å². The molecule has 4 unspecified atom stereocenters. The van der Waals surface area contributed by atoms with Crippen molar-refractivity contribution in [3.8, 4) is 23.0 Å². The number of rotatable bonds is 40. The van der Waals surface area contributed by atoms with Crippen molar-refractivity contribution in [2.45, 2.75) is 108 Å². The first-order chi connectivity index (χ1) is 44.7. The highest BCUT2D eigenvalue weighted by molar-refractivity contribution is 6.08. The molecule has 0 aliphatic carbocycles. The minimum atomic E-state index is -1.37. The van der Waals surface area contributed by atoms with E-state index in [0.717, 1.165) is 5.56 Å². The van der Waals surface area contributed by atoms with E-state index in [1.54, 1.807) is 12.1 Å². The van der Waals surface area contributed by atoms with Crippen LogP contribution in [-0.4, -0.2) is 143 Å². The van der Waals surface area contributed by atoms with E-state index < -0.39 is 84.0 Å². The summed E-state index contributed by atoms with van der Waals surface area (Å²) in [6.07, 6.45) is 4.38. The van der Waals surface area contributed by atoms with Crippen LogP contribution >= 0.6 is 0 Å². The molecule has 0 saturated carbocycles. The van der Waals surface area contributed by atoms with E-state index >= 15 is 0 Å². The van der Waals surface area contributed by atoms with E-state index in [2.05, 4.69) is 42.5 Å². The topological polar surface area (TPSA) is 454 Å². The van der Waals surface area contributed by atoms with Crippen LogP contribution in [0.1, 0.15) is 124 Å². The van der Waals surface area contributed by atoms with Gasteiger partial charge in [0.1, 0.15) is 47.2 Å². The van der Waals surface area contributed by atoms with Crippen LogP contribution in [0.15, 0.2) is 103 Å². The molecule has 5 aromatic rings. The number of hydrogen-bond donors (Lipinski definition) is 14. The molecule has 9 amide bonds. The Labute approximate surface area is 538 Å². The molecule has 0 aliphatic heterocycles. The number of hydrogen-bond acceptors (Lipinski definition) is 18. The van der Waals surface area contributed by atoms with Crippen molar-refractivity contribution in [1.29, 1.82) is 0 Å². The minimum Gasteiger partial charge on any atom is -0.496 e. The second-order valence-electron chi connectivity index (χ2n) is 21.5. The van der Waals surface area contributed by atoms with Gasteiger partial charge >= 0.3 is 5.97 Å². The van der Waals surface area contributed by atoms with Gasteiger partial charge in [0, 0.05) is 22.7 Å². The van der Waals surface area contributed by atoms with Gasteiger partial charge in [-0.25, -0.2) is 4.79 Å². The van der Waals surface area contributed by atoms with Crippen LogP contribution < -0.4 is 90.2 Å². The maximum absolute atomic E-state index is 14.4. The summed E-state index contributed by atoms with van der Waals surface area (Å²) in [6, 6.07) is 21.0. The van der Waals surface area contributed by atoms with E-state index in [9.17, 15) is 53.1 Å². The molecule has 0 spiro atoms. The number of carbonyl (C=O) groups is 10. The molecule has 0 aromatic heterocycles. The second-order valence-corrected chi connectivity index (χ2v) is 21.5. The van der Waals surface area contributed by atoms with Crippen LogP contribution in [0.25, 0.3) is 0 Å². The number of carboxylic acids is 1. The van der Waals surface area contributed by atoms with Gasteiger partial charge in [-0.2, -0.15) is 0 Å². The number of nitrogens with one attached hydrogen (secondary N) is 8. The summed E-state index contributed by atoms with van der Waals surface area (Å²) in [5, 5.41) is 31.4. The average Bonchev–Trinajstić information content (AvgIpc) is 0.978. The Hall–Kier alpha value is -10.2. The Balaban J connectivity index is 1.36. The standard InChI is InChI=1S/C65H85N13O15/c1-90-52-25-21-40(34-44(52)58(70)82)71-63(87)51(20-10-14-32-69)78-61(85)47-37-43(24-28-55(47)93-38-57(80)81)74-65(89)50(19-9-13-31-68)77-60(84)46-36-42(23-27-54(46)92-3)73-64(88)49(18-8-12-30-67)76-59(83)45-35-41(22-26-53(45)91-2)72-62(86)48(17-7-11-29-66)75-56(79)33-39-15-5-4-6-16-39/h4-6,15-16,21-28,34-37,48-51H,7-14,17-20,29-33,38,66-69H2,1-3H3,(H2,70,82)(H,71,87)(H,72,86)(H,73,88)(H,74,89)(H,75,79)(H,76,83)(H,77,84)(H,78,85)(H,80,81). The molecule has 0 bridgehead atoms. The molecule has 5 rings (SSSR count). The predicted molar refractivity (Wildman–Crippen MR) is 349 cm³/mol. The van der Waals surface area contributed by atoms with Crippen molar-refractivity contribution >= 4 is 81.9 Å². The number of carbonyl (C=O) groups excluding carboxylic acids is 9. The van der Waals surface area contributed by atoms with Crippen molar-refractivity contribution in [2.75, 3.05) is 75.4 Å². The molecule has 0 radical (unpaired) electrons. The van der Waals surface area contributed by atoms with Crippen LogP contribution in [0.5, 0.6) is 23.0 Å². The fourth-order valence-electron chi connectivity index (χ4n) is 9.65. The molecular weight excluding hydrogens is 1200 g/mol. The first-order valence-electron chi connectivity index (χ1n) is 30.4. The monoisotopic (exact) mass is 1290 g/mol. The smallest absolute Gasteiger partial charge is 0.341 e. The lowest BCUT2D eigenvalue weighted by molar-refractivity contribution is -0.139. The molecule has 93 heavy (non-hydrogen) atoms. The third kappa shape index (κ3) is 23.5. The number of aliphatic carboxylic acids is 1. The Morgan fingerprint density at radius 3 is 1.04 bits per heavy atom. The number of ether oxygens (including phenoxy) is 4. The second kappa shape index (κ2) is 38.5. The molecule has 28 heteroatoms. The quantitative estimate of drug-likeness (QED) is 0.0249. The fraction of sp³-hybridized carbons (Fsp3) is 0.385. The lowest BCUT2D eigenvalue weighted by atomic mass is 10.0. The highest BCUT2D eigenvalue weighted by atomic mass is 16.5. The highest BCUT2D eigenvalue weighted by Gasteiger charge is 2.30. The molecule has 0 fully saturated rings. The van der Waals surface area contributed by atoms with Crippen molar-refractivity contribution in [2.24, 2.45) is 28.7 Å². The van der Waals surface area contributed by atoms with Crippen LogP contribution in [0.2, 0.25) is 0 Å². The molecule has 19 N–H and O–H groups in total. The summed E-state index contributed by atoms with van der Waals surface area (Å²) in [7, 11) is 4.01. The van der Waals surface area contributed by atoms with Crippen molar-refractivity contribution < 1.29 is 72.0 Å². The first kappa shape index (κ1) is 73.6. The van der Waals surface area contributed by atoms with Gasteiger partial charge in [-0.15, -0.1) is 0 Å². The summed E-state index contributed by atoms with van der Waals surface area (Å²) in [5.74, 6) is -7.55. The highest BCUT2D eigenvalue weighted by Crippen LogP contribution is 2.29. The molecule has 5 aromatic carbocycles. The minimum absolute atomic E-state index is 0.000390. The number of amides is 9. The molecule has 0 heterocycles. The maximum atomic E-state index is 14.4. The Kier molecular flexibility index (Phi) is 30.5. The lowest BCUT2D eigenvalue weighted by Gasteiger charge is -2.22. The zero-order chi connectivity index (χ0) is 67.8. The zero-order valence-electron chi connectivity index (χ0n) is 52.4. The number of nitrogens with two attached hydrogens (primary N) is 5. The molecule has 0 saturated heterocycles. The van der Waals surface area contributed by atoms with Crippen molar-refractivity contribution in [1.82, 2.24) is 21.3 Å². The summed E-state index contributed by atoms with van der Waals surface area (Å²) in [4.78, 5) is 136.